The Morgan fingerprint density at radius 2 is 2.09 bits per heavy atom. The lowest BCUT2D eigenvalue weighted by Gasteiger charge is -2.22. The molecule has 2 N–H and O–H groups in total. The lowest BCUT2D eigenvalue weighted by molar-refractivity contribution is -0.884. The Morgan fingerprint density at radius 1 is 1.41 bits per heavy atom. The third-order valence-corrected chi connectivity index (χ3v) is 3.64. The van der Waals surface area contributed by atoms with E-state index in [1.807, 2.05) is 12.1 Å². The topological polar surface area (TPSA) is 80.3 Å². The number of thioether (sulfide) groups is 1. The first-order valence-electron chi connectivity index (χ1n) is 7.03. The molecular formula is C14H25N4O3S+. The molecule has 1 rings (SSSR count). The van der Waals surface area contributed by atoms with Gasteiger partial charge in [-0.05, 0) is 12.1 Å². The molecule has 0 fully saturated rings. The van der Waals surface area contributed by atoms with Crippen LogP contribution in [0, 0.1) is 10.1 Å². The van der Waals surface area contributed by atoms with Crippen LogP contribution in [0.4, 0.5) is 0 Å². The zero-order valence-electron chi connectivity index (χ0n) is 13.6. The zero-order chi connectivity index (χ0) is 16.6. The largest absolute Gasteiger partial charge is 0.459 e. The average Bonchev–Trinajstić information content (AvgIpc) is 2.81. The van der Waals surface area contributed by atoms with Gasteiger partial charge in [0.15, 0.2) is 11.6 Å². The van der Waals surface area contributed by atoms with Crippen LogP contribution in [0.3, 0.4) is 0 Å². The molecule has 0 amide bonds. The molecule has 0 aromatic carbocycles. The predicted octanol–water partition coefficient (Wildman–Crippen LogP) is 1.60. The first kappa shape index (κ1) is 18.4. The Morgan fingerprint density at radius 3 is 2.68 bits per heavy atom. The minimum atomic E-state index is -0.482. The molecule has 0 aliphatic carbocycles. The van der Waals surface area contributed by atoms with E-state index in [-0.39, 0.29) is 0 Å². The van der Waals surface area contributed by atoms with Gasteiger partial charge in [0.1, 0.15) is 12.3 Å². The molecule has 0 saturated heterocycles. The van der Waals surface area contributed by atoms with Crippen LogP contribution in [-0.4, -0.2) is 49.9 Å². The molecule has 124 valence electrons. The van der Waals surface area contributed by atoms with Crippen LogP contribution in [0.1, 0.15) is 11.5 Å². The summed E-state index contributed by atoms with van der Waals surface area (Å²) >= 11 is 1.72. The van der Waals surface area contributed by atoms with Crippen LogP contribution in [0.5, 0.6) is 0 Å². The summed E-state index contributed by atoms with van der Waals surface area (Å²) in [5, 5.41) is 16.1. The van der Waals surface area contributed by atoms with Gasteiger partial charge < -0.3 is 19.5 Å². The third kappa shape index (κ3) is 7.94. The van der Waals surface area contributed by atoms with Crippen molar-refractivity contribution in [2.45, 2.75) is 12.3 Å². The minimum absolute atomic E-state index is 0.411. The van der Waals surface area contributed by atoms with Crippen molar-refractivity contribution in [1.29, 1.82) is 0 Å². The van der Waals surface area contributed by atoms with Gasteiger partial charge >= 0.3 is 0 Å². The lowest BCUT2D eigenvalue weighted by atomic mass is 10.4. The summed E-state index contributed by atoms with van der Waals surface area (Å²) in [5.74, 6) is 4.00. The summed E-state index contributed by atoms with van der Waals surface area (Å²) in [6, 6.07) is 4.04. The molecule has 8 heteroatoms. The van der Waals surface area contributed by atoms with Crippen molar-refractivity contribution < 1.29 is 13.8 Å². The summed E-state index contributed by atoms with van der Waals surface area (Å²) in [5.41, 5.74) is 0. The first-order valence-corrected chi connectivity index (χ1v) is 8.18. The predicted molar refractivity (Wildman–Crippen MR) is 88.7 cm³/mol. The highest BCUT2D eigenvalue weighted by Crippen LogP contribution is 2.17. The van der Waals surface area contributed by atoms with E-state index in [1.54, 1.807) is 18.8 Å². The Hall–Kier alpha value is -1.67. The SMILES string of the molecule is CN/C(=C/[N+](=O)[O-])NCCSCc1ccc(C[N+](C)(C)C)o1. The summed E-state index contributed by atoms with van der Waals surface area (Å²) in [6.07, 6.45) is 0.925. The molecule has 0 aliphatic rings. The van der Waals surface area contributed by atoms with Crippen LogP contribution >= 0.6 is 11.8 Å². The van der Waals surface area contributed by atoms with Gasteiger partial charge in [0, 0.05) is 19.3 Å². The lowest BCUT2D eigenvalue weighted by Crippen LogP contribution is -2.33. The van der Waals surface area contributed by atoms with Crippen molar-refractivity contribution in [2.24, 2.45) is 0 Å². The number of rotatable bonds is 10. The quantitative estimate of drug-likeness (QED) is 0.294. The summed E-state index contributed by atoms with van der Waals surface area (Å²) < 4.78 is 6.62. The summed E-state index contributed by atoms with van der Waals surface area (Å²) in [7, 11) is 8.02. The van der Waals surface area contributed by atoms with Crippen LogP contribution in [0.2, 0.25) is 0 Å². The van der Waals surface area contributed by atoms with Crippen LogP contribution in [0.15, 0.2) is 28.6 Å². The second kappa shape index (κ2) is 8.70. The fraction of sp³-hybridized carbons (Fsp3) is 0.571. The van der Waals surface area contributed by atoms with E-state index in [1.165, 1.54) is 0 Å². The molecule has 0 aliphatic heterocycles. The number of furan rings is 1. The molecule has 22 heavy (non-hydrogen) atoms. The van der Waals surface area contributed by atoms with Gasteiger partial charge in [-0.1, -0.05) is 0 Å². The Balaban J connectivity index is 2.26. The van der Waals surface area contributed by atoms with Gasteiger partial charge in [0.05, 0.1) is 31.8 Å². The number of nitrogens with zero attached hydrogens (tertiary/aromatic N) is 2. The maximum atomic E-state index is 10.4. The van der Waals surface area contributed by atoms with E-state index in [9.17, 15) is 10.1 Å². The highest BCUT2D eigenvalue weighted by Gasteiger charge is 2.12. The number of nitro groups is 1. The molecule has 1 aromatic rings. The summed E-state index contributed by atoms with van der Waals surface area (Å²) in [6.45, 7) is 1.51. The molecule has 0 unspecified atom stereocenters. The van der Waals surface area contributed by atoms with Crippen molar-refractivity contribution >= 4 is 11.8 Å². The van der Waals surface area contributed by atoms with E-state index >= 15 is 0 Å². The molecule has 0 bridgehead atoms. The number of quaternary nitrogens is 1. The van der Waals surface area contributed by atoms with Crippen LogP contribution < -0.4 is 10.6 Å². The molecule has 7 nitrogen and oxygen atoms in total. The smallest absolute Gasteiger partial charge is 0.274 e. The molecule has 0 atom stereocenters. The number of hydrogen-bond donors (Lipinski definition) is 2. The Kier molecular flexibility index (Phi) is 7.26. The van der Waals surface area contributed by atoms with E-state index in [0.717, 1.165) is 40.3 Å². The Labute approximate surface area is 135 Å². The molecule has 1 aromatic heterocycles. The van der Waals surface area contributed by atoms with Crippen molar-refractivity contribution in [3.8, 4) is 0 Å². The normalized spacial score (nSPS) is 12.3. The summed E-state index contributed by atoms with van der Waals surface area (Å²) in [4.78, 5) is 9.89. The molecular weight excluding hydrogens is 304 g/mol. The van der Waals surface area contributed by atoms with E-state index < -0.39 is 4.92 Å². The zero-order valence-corrected chi connectivity index (χ0v) is 14.4. The molecule has 1 heterocycles. The van der Waals surface area contributed by atoms with Crippen molar-refractivity contribution in [1.82, 2.24) is 10.6 Å². The van der Waals surface area contributed by atoms with Gasteiger partial charge in [-0.15, -0.1) is 0 Å². The minimum Gasteiger partial charge on any atom is -0.459 e. The van der Waals surface area contributed by atoms with E-state index in [4.69, 9.17) is 4.42 Å². The molecule has 0 radical (unpaired) electrons. The van der Waals surface area contributed by atoms with Crippen molar-refractivity contribution in [2.75, 3.05) is 40.5 Å². The van der Waals surface area contributed by atoms with Crippen molar-refractivity contribution in [3.05, 3.63) is 45.8 Å². The van der Waals surface area contributed by atoms with Gasteiger partial charge in [-0.3, -0.25) is 10.1 Å². The second-order valence-corrected chi connectivity index (χ2v) is 6.98. The number of nitrogens with one attached hydrogen (secondary N) is 2. The van der Waals surface area contributed by atoms with Crippen LogP contribution in [0.25, 0.3) is 0 Å². The van der Waals surface area contributed by atoms with Gasteiger partial charge in [-0.2, -0.15) is 11.8 Å². The van der Waals surface area contributed by atoms with Gasteiger partial charge in [0.2, 0.25) is 0 Å². The number of hydrogen-bond acceptors (Lipinski definition) is 6. The monoisotopic (exact) mass is 329 g/mol. The fourth-order valence-electron chi connectivity index (χ4n) is 1.79. The third-order valence-electron chi connectivity index (χ3n) is 2.66. The van der Waals surface area contributed by atoms with Gasteiger partial charge in [0.25, 0.3) is 6.20 Å². The highest BCUT2D eigenvalue weighted by atomic mass is 32.2. The van der Waals surface area contributed by atoms with Crippen LogP contribution in [-0.2, 0) is 12.3 Å². The Bertz CT molecular complexity index is 508. The fourth-order valence-corrected chi connectivity index (χ4v) is 2.53. The van der Waals surface area contributed by atoms with E-state index in [2.05, 4.69) is 31.8 Å². The average molecular weight is 329 g/mol. The molecule has 0 saturated carbocycles. The van der Waals surface area contributed by atoms with E-state index in [0.29, 0.717) is 12.4 Å². The van der Waals surface area contributed by atoms with Gasteiger partial charge in [-0.25, -0.2) is 0 Å². The maximum absolute atomic E-state index is 10.4. The highest BCUT2D eigenvalue weighted by molar-refractivity contribution is 7.98. The standard InChI is InChI=1S/C14H25N4O3S/c1-15-14(9-17(19)20)16-7-8-22-11-13-6-5-12(21-13)10-18(2,3)4/h5-6,9,15-16H,7-8,10-11H2,1-4H3/q+1/b14-9-. The second-order valence-electron chi connectivity index (χ2n) is 5.87. The van der Waals surface area contributed by atoms with Crippen molar-refractivity contribution in [3.63, 3.8) is 0 Å². The molecule has 0 spiro atoms. The maximum Gasteiger partial charge on any atom is 0.274 e. The first-order chi connectivity index (χ1) is 10.3.